The highest BCUT2D eigenvalue weighted by atomic mass is 16.3. The minimum Gasteiger partial charge on any atom is -0.396 e. The molecule has 0 aromatic carbocycles. The fourth-order valence-corrected chi connectivity index (χ4v) is 2.33. The lowest BCUT2D eigenvalue weighted by Gasteiger charge is -2.18. The van der Waals surface area contributed by atoms with E-state index in [2.05, 4.69) is 9.88 Å². The summed E-state index contributed by atoms with van der Waals surface area (Å²) in [5.41, 5.74) is 0.903. The van der Waals surface area contributed by atoms with Crippen molar-refractivity contribution in [3.05, 3.63) is 23.9 Å². The second-order valence-corrected chi connectivity index (χ2v) is 4.74. The fourth-order valence-electron chi connectivity index (χ4n) is 2.33. The van der Waals surface area contributed by atoms with Gasteiger partial charge in [-0.05, 0) is 43.4 Å². The van der Waals surface area contributed by atoms with Crippen LogP contribution in [-0.2, 0) is 0 Å². The molecule has 1 unspecified atom stereocenters. The van der Waals surface area contributed by atoms with Gasteiger partial charge >= 0.3 is 0 Å². The van der Waals surface area contributed by atoms with Gasteiger partial charge in [0.1, 0.15) is 5.82 Å². The highest BCUT2D eigenvalue weighted by Crippen LogP contribution is 2.25. The molecule has 2 heterocycles. The van der Waals surface area contributed by atoms with E-state index in [-0.39, 0.29) is 6.61 Å². The van der Waals surface area contributed by atoms with E-state index in [1.807, 2.05) is 12.1 Å². The first-order chi connectivity index (χ1) is 8.20. The van der Waals surface area contributed by atoms with Gasteiger partial charge < -0.3 is 15.1 Å². The van der Waals surface area contributed by atoms with E-state index in [0.29, 0.717) is 5.92 Å². The van der Waals surface area contributed by atoms with Crippen molar-refractivity contribution in [3.63, 3.8) is 0 Å². The van der Waals surface area contributed by atoms with Gasteiger partial charge in [0.25, 0.3) is 0 Å². The molecule has 1 aliphatic rings. The highest BCUT2D eigenvalue weighted by Gasteiger charge is 2.23. The molecule has 1 aliphatic heterocycles. The van der Waals surface area contributed by atoms with Crippen LogP contribution in [0.25, 0.3) is 0 Å². The predicted molar refractivity (Wildman–Crippen MR) is 66.9 cm³/mol. The van der Waals surface area contributed by atoms with E-state index in [1.54, 1.807) is 13.1 Å². The minimum atomic E-state index is -0.451. The summed E-state index contributed by atoms with van der Waals surface area (Å²) in [6.07, 6.45) is 3.28. The largest absolute Gasteiger partial charge is 0.396 e. The van der Waals surface area contributed by atoms with Crippen molar-refractivity contribution in [2.24, 2.45) is 5.92 Å². The van der Waals surface area contributed by atoms with Crippen LogP contribution < -0.4 is 4.90 Å². The number of hydrogen-bond acceptors (Lipinski definition) is 4. The molecule has 4 nitrogen and oxygen atoms in total. The lowest BCUT2D eigenvalue weighted by molar-refractivity contribution is 0.199. The molecular weight excluding hydrogens is 216 g/mol. The lowest BCUT2D eigenvalue weighted by atomic mass is 10.1. The molecule has 1 saturated heterocycles. The number of pyridine rings is 1. The smallest absolute Gasteiger partial charge is 0.128 e. The Balaban J connectivity index is 2.05. The maximum Gasteiger partial charge on any atom is 0.128 e. The average Bonchev–Trinajstić information content (AvgIpc) is 2.78. The summed E-state index contributed by atoms with van der Waals surface area (Å²) in [5, 5.41) is 18.5. The minimum absolute atomic E-state index is 0.264. The number of aromatic nitrogens is 1. The van der Waals surface area contributed by atoms with Crippen LogP contribution >= 0.6 is 0 Å². The second kappa shape index (κ2) is 5.47. The molecule has 0 saturated carbocycles. The summed E-state index contributed by atoms with van der Waals surface area (Å²) in [6, 6.07) is 3.79. The van der Waals surface area contributed by atoms with Gasteiger partial charge in [-0.15, -0.1) is 0 Å². The maximum atomic E-state index is 9.55. The number of aliphatic hydroxyl groups excluding tert-OH is 2. The summed E-state index contributed by atoms with van der Waals surface area (Å²) in [5.74, 6) is 1.50. The van der Waals surface area contributed by atoms with Gasteiger partial charge in [-0.2, -0.15) is 0 Å². The topological polar surface area (TPSA) is 56.6 Å². The zero-order chi connectivity index (χ0) is 12.3. The van der Waals surface area contributed by atoms with E-state index in [1.165, 1.54) is 0 Å². The summed E-state index contributed by atoms with van der Waals surface area (Å²) in [6.45, 7) is 3.97. The molecule has 2 N–H and O–H groups in total. The molecule has 1 fully saturated rings. The maximum absolute atomic E-state index is 9.55. The molecule has 0 spiro atoms. The number of nitrogens with zero attached hydrogens (tertiary/aromatic N) is 2. The van der Waals surface area contributed by atoms with Gasteiger partial charge in [-0.25, -0.2) is 4.98 Å². The van der Waals surface area contributed by atoms with E-state index in [0.717, 1.165) is 37.3 Å². The van der Waals surface area contributed by atoms with Crippen molar-refractivity contribution in [1.82, 2.24) is 4.98 Å². The van der Waals surface area contributed by atoms with Crippen molar-refractivity contribution in [1.29, 1.82) is 0 Å². The van der Waals surface area contributed by atoms with Crippen LogP contribution in [0, 0.1) is 5.92 Å². The number of anilines is 1. The zero-order valence-electron chi connectivity index (χ0n) is 10.2. The van der Waals surface area contributed by atoms with Gasteiger partial charge in [0, 0.05) is 25.9 Å². The van der Waals surface area contributed by atoms with E-state index < -0.39 is 6.10 Å². The molecule has 0 amide bonds. The lowest BCUT2D eigenvalue weighted by Crippen LogP contribution is -2.21. The zero-order valence-corrected chi connectivity index (χ0v) is 10.2. The van der Waals surface area contributed by atoms with Crippen molar-refractivity contribution >= 4 is 5.82 Å². The van der Waals surface area contributed by atoms with Gasteiger partial charge in [-0.1, -0.05) is 0 Å². The van der Waals surface area contributed by atoms with E-state index >= 15 is 0 Å². The third-order valence-corrected chi connectivity index (χ3v) is 3.40. The van der Waals surface area contributed by atoms with Crippen LogP contribution in [0.1, 0.15) is 31.4 Å². The molecule has 2 rings (SSSR count). The molecule has 4 heteroatoms. The second-order valence-electron chi connectivity index (χ2n) is 4.74. The van der Waals surface area contributed by atoms with Gasteiger partial charge in [0.05, 0.1) is 6.10 Å². The molecule has 17 heavy (non-hydrogen) atoms. The molecular formula is C13H20N2O2. The molecule has 1 aromatic rings. The Morgan fingerprint density at radius 1 is 1.59 bits per heavy atom. The van der Waals surface area contributed by atoms with Crippen LogP contribution in [0.4, 0.5) is 5.82 Å². The van der Waals surface area contributed by atoms with Crippen molar-refractivity contribution < 1.29 is 10.2 Å². The average molecular weight is 236 g/mol. The number of rotatable bonds is 4. The van der Waals surface area contributed by atoms with Crippen LogP contribution in [-0.4, -0.2) is 34.9 Å². The van der Waals surface area contributed by atoms with Gasteiger partial charge in [-0.3, -0.25) is 0 Å². The first-order valence-electron chi connectivity index (χ1n) is 6.20. The SMILES string of the molecule is C[C@H](O)c1ccnc(N2CCC(CCO)C2)c1. The molecule has 2 atom stereocenters. The van der Waals surface area contributed by atoms with Crippen LogP contribution in [0.15, 0.2) is 18.3 Å². The number of aliphatic hydroxyl groups is 2. The Kier molecular flexibility index (Phi) is 3.97. The third kappa shape index (κ3) is 2.96. The summed E-state index contributed by atoms with van der Waals surface area (Å²) < 4.78 is 0. The van der Waals surface area contributed by atoms with Crippen molar-refractivity contribution in [2.75, 3.05) is 24.6 Å². The van der Waals surface area contributed by atoms with Crippen molar-refractivity contribution in [3.8, 4) is 0 Å². The Bertz CT molecular complexity index is 368. The summed E-state index contributed by atoms with van der Waals surface area (Å²) in [4.78, 5) is 6.58. The normalized spacial score (nSPS) is 21.8. The first-order valence-corrected chi connectivity index (χ1v) is 6.20. The summed E-state index contributed by atoms with van der Waals surface area (Å²) in [7, 11) is 0. The first kappa shape index (κ1) is 12.3. The Labute approximate surface area is 102 Å². The number of hydrogen-bond donors (Lipinski definition) is 2. The molecule has 0 bridgehead atoms. The quantitative estimate of drug-likeness (QED) is 0.828. The molecule has 94 valence electrons. The Hall–Kier alpha value is -1.13. The highest BCUT2D eigenvalue weighted by molar-refractivity contribution is 5.42. The fraction of sp³-hybridized carbons (Fsp3) is 0.615. The molecule has 0 aliphatic carbocycles. The Morgan fingerprint density at radius 2 is 2.41 bits per heavy atom. The van der Waals surface area contributed by atoms with Crippen molar-refractivity contribution in [2.45, 2.75) is 25.9 Å². The Morgan fingerprint density at radius 3 is 3.12 bits per heavy atom. The van der Waals surface area contributed by atoms with Crippen LogP contribution in [0.3, 0.4) is 0 Å². The molecule has 0 radical (unpaired) electrons. The van der Waals surface area contributed by atoms with Gasteiger partial charge in [0.2, 0.25) is 0 Å². The van der Waals surface area contributed by atoms with Crippen LogP contribution in [0.5, 0.6) is 0 Å². The van der Waals surface area contributed by atoms with Gasteiger partial charge in [0.15, 0.2) is 0 Å². The van der Waals surface area contributed by atoms with E-state index in [4.69, 9.17) is 5.11 Å². The molecule has 1 aromatic heterocycles. The summed E-state index contributed by atoms with van der Waals surface area (Å²) >= 11 is 0. The van der Waals surface area contributed by atoms with E-state index in [9.17, 15) is 5.11 Å². The standard InChI is InChI=1S/C13H20N2O2/c1-10(17)12-2-5-14-13(8-12)15-6-3-11(9-15)4-7-16/h2,5,8,10-11,16-17H,3-4,6-7,9H2,1H3/t10-,11?/m0/s1. The monoisotopic (exact) mass is 236 g/mol. The predicted octanol–water partition coefficient (Wildman–Crippen LogP) is 1.34. The van der Waals surface area contributed by atoms with Crippen LogP contribution in [0.2, 0.25) is 0 Å². The third-order valence-electron chi connectivity index (χ3n) is 3.40.